The first-order valence-corrected chi connectivity index (χ1v) is 14.2. The molecule has 152 valence electrons. The van der Waals surface area contributed by atoms with Gasteiger partial charge in [0.2, 0.25) is 0 Å². The third kappa shape index (κ3) is 3.49. The molecule has 0 spiro atoms. The second-order valence-corrected chi connectivity index (χ2v) is 13.2. The van der Waals surface area contributed by atoms with Gasteiger partial charge in [-0.3, -0.25) is 0 Å². The van der Waals surface area contributed by atoms with Crippen molar-refractivity contribution in [3.63, 3.8) is 0 Å². The first-order chi connectivity index (χ1) is 15.2. The largest absolute Gasteiger partial charge is 0.110 e. The molecule has 0 saturated heterocycles. The molecule has 0 amide bonds. The van der Waals surface area contributed by atoms with Crippen molar-refractivity contribution >= 4 is 24.4 Å². The van der Waals surface area contributed by atoms with Crippen molar-refractivity contribution in [3.8, 4) is 0 Å². The first kappa shape index (κ1) is 19.8. The van der Waals surface area contributed by atoms with Crippen molar-refractivity contribution in [1.29, 1.82) is 0 Å². The molecule has 1 heterocycles. The van der Waals surface area contributed by atoms with Crippen LogP contribution in [0.25, 0.3) is 16.3 Å². The lowest BCUT2D eigenvalue weighted by atomic mass is 9.87. The molecule has 1 aliphatic carbocycles. The van der Waals surface area contributed by atoms with Gasteiger partial charge in [-0.2, -0.15) is 0 Å². The van der Waals surface area contributed by atoms with Gasteiger partial charge in [-0.25, -0.2) is 0 Å². The van der Waals surface area contributed by atoms with E-state index in [1.807, 2.05) is 0 Å². The third-order valence-corrected chi connectivity index (χ3v) is 10.4. The standard InChI is InChI=1S/C30H28Si/c1-31(2)29(25-19-11-5-12-20-25)27(23-15-7-3-8-16-23)28(24-17-9-4-10-18-24)30(31)26-21-13-6-14-22-26/h3-21,26H,22H2,1-2H3. The van der Waals surface area contributed by atoms with Crippen LogP contribution in [0.2, 0.25) is 13.1 Å². The van der Waals surface area contributed by atoms with Crippen molar-refractivity contribution < 1.29 is 0 Å². The predicted molar refractivity (Wildman–Crippen MR) is 137 cm³/mol. The average Bonchev–Trinajstić information content (AvgIpc) is 3.08. The third-order valence-electron chi connectivity index (χ3n) is 6.61. The molecule has 5 rings (SSSR count). The second kappa shape index (κ2) is 8.17. The molecule has 0 N–H and O–H groups in total. The van der Waals surface area contributed by atoms with Crippen LogP contribution in [0.15, 0.2) is 120 Å². The van der Waals surface area contributed by atoms with Crippen LogP contribution in [0.4, 0.5) is 0 Å². The fourth-order valence-corrected chi connectivity index (χ4v) is 9.46. The van der Waals surface area contributed by atoms with Gasteiger partial charge in [-0.15, -0.1) is 0 Å². The normalized spacial score (nSPS) is 19.9. The molecule has 1 heteroatoms. The zero-order valence-corrected chi connectivity index (χ0v) is 19.3. The van der Waals surface area contributed by atoms with Gasteiger partial charge in [0.15, 0.2) is 0 Å². The van der Waals surface area contributed by atoms with Crippen LogP contribution in [0, 0.1) is 5.92 Å². The van der Waals surface area contributed by atoms with Crippen LogP contribution in [-0.4, -0.2) is 8.07 Å². The topological polar surface area (TPSA) is 0 Å². The maximum absolute atomic E-state index is 2.55. The Bertz CT molecular complexity index is 1190. The van der Waals surface area contributed by atoms with Gasteiger partial charge >= 0.3 is 0 Å². The van der Waals surface area contributed by atoms with E-state index in [9.17, 15) is 0 Å². The Balaban J connectivity index is 1.87. The van der Waals surface area contributed by atoms with Crippen LogP contribution in [0.5, 0.6) is 0 Å². The van der Waals surface area contributed by atoms with E-state index in [1.54, 1.807) is 10.4 Å². The Hall–Kier alpha value is -3.16. The van der Waals surface area contributed by atoms with Crippen molar-refractivity contribution in [2.24, 2.45) is 5.92 Å². The molecule has 0 radical (unpaired) electrons. The van der Waals surface area contributed by atoms with E-state index >= 15 is 0 Å². The van der Waals surface area contributed by atoms with E-state index in [0.717, 1.165) is 6.42 Å². The van der Waals surface area contributed by atoms with Crippen LogP contribution < -0.4 is 0 Å². The van der Waals surface area contributed by atoms with Gasteiger partial charge in [0.1, 0.15) is 8.07 Å². The fraction of sp³-hybridized carbons (Fsp3) is 0.133. The Morgan fingerprint density at radius 2 is 1.13 bits per heavy atom. The molecule has 0 saturated carbocycles. The zero-order valence-electron chi connectivity index (χ0n) is 18.3. The minimum atomic E-state index is -1.94. The summed E-state index contributed by atoms with van der Waals surface area (Å²) in [6, 6.07) is 33.2. The van der Waals surface area contributed by atoms with Gasteiger partial charge in [-0.1, -0.05) is 134 Å². The molecular weight excluding hydrogens is 388 g/mol. The lowest BCUT2D eigenvalue weighted by molar-refractivity contribution is 0.802. The highest BCUT2D eigenvalue weighted by atomic mass is 28.3. The van der Waals surface area contributed by atoms with E-state index < -0.39 is 8.07 Å². The molecular formula is C30H28Si. The smallest absolute Gasteiger partial charge is 0.0837 e. The summed E-state index contributed by atoms with van der Waals surface area (Å²) in [5.41, 5.74) is 6.94. The van der Waals surface area contributed by atoms with Gasteiger partial charge in [0.05, 0.1) is 0 Å². The Morgan fingerprint density at radius 3 is 1.65 bits per heavy atom. The predicted octanol–water partition coefficient (Wildman–Crippen LogP) is 7.98. The van der Waals surface area contributed by atoms with E-state index in [0.29, 0.717) is 5.92 Å². The van der Waals surface area contributed by atoms with Crippen molar-refractivity contribution in [1.82, 2.24) is 0 Å². The summed E-state index contributed by atoms with van der Waals surface area (Å²) in [5, 5.41) is 3.23. The minimum Gasteiger partial charge on any atom is -0.0837 e. The average molecular weight is 417 g/mol. The van der Waals surface area contributed by atoms with Crippen LogP contribution in [0.3, 0.4) is 0 Å². The summed E-state index contributed by atoms with van der Waals surface area (Å²) in [5.74, 6) is 0.460. The van der Waals surface area contributed by atoms with E-state index in [1.165, 1.54) is 27.8 Å². The number of hydrogen-bond donors (Lipinski definition) is 0. The monoisotopic (exact) mass is 416 g/mol. The van der Waals surface area contributed by atoms with Gasteiger partial charge < -0.3 is 0 Å². The SMILES string of the molecule is C[Si]1(C)C(c2ccccc2)=C(c2ccccc2)C(c2ccccc2)=C1C1C=CC=CC1. The number of benzene rings is 3. The summed E-state index contributed by atoms with van der Waals surface area (Å²) in [6.07, 6.45) is 10.3. The maximum Gasteiger partial charge on any atom is 0.110 e. The molecule has 31 heavy (non-hydrogen) atoms. The molecule has 3 aromatic carbocycles. The van der Waals surface area contributed by atoms with E-state index in [-0.39, 0.29) is 0 Å². The van der Waals surface area contributed by atoms with Crippen molar-refractivity contribution in [2.75, 3.05) is 0 Å². The van der Waals surface area contributed by atoms with Crippen LogP contribution in [-0.2, 0) is 0 Å². The highest BCUT2D eigenvalue weighted by molar-refractivity contribution is 7.04. The van der Waals surface area contributed by atoms with Crippen molar-refractivity contribution in [3.05, 3.63) is 137 Å². The number of hydrogen-bond acceptors (Lipinski definition) is 0. The zero-order chi connectivity index (χ0) is 21.3. The highest BCUT2D eigenvalue weighted by Gasteiger charge is 2.45. The molecule has 1 atom stereocenters. The van der Waals surface area contributed by atoms with E-state index in [2.05, 4.69) is 128 Å². The lowest BCUT2D eigenvalue weighted by Crippen LogP contribution is -2.33. The maximum atomic E-state index is 2.55. The molecule has 1 unspecified atom stereocenters. The van der Waals surface area contributed by atoms with Crippen LogP contribution >= 0.6 is 0 Å². The Labute approximate surface area is 187 Å². The highest BCUT2D eigenvalue weighted by Crippen LogP contribution is 2.55. The molecule has 3 aromatic rings. The molecule has 0 fully saturated rings. The van der Waals surface area contributed by atoms with Crippen molar-refractivity contribution in [2.45, 2.75) is 19.5 Å². The van der Waals surface area contributed by atoms with E-state index in [4.69, 9.17) is 0 Å². The Morgan fingerprint density at radius 1 is 0.613 bits per heavy atom. The molecule has 0 bridgehead atoms. The molecule has 1 aliphatic heterocycles. The molecule has 2 aliphatic rings. The van der Waals surface area contributed by atoms with Gasteiger partial charge in [0.25, 0.3) is 0 Å². The fourth-order valence-electron chi connectivity index (χ4n) is 5.37. The molecule has 0 nitrogen and oxygen atoms in total. The summed E-state index contributed by atoms with van der Waals surface area (Å²) >= 11 is 0. The number of rotatable bonds is 4. The lowest BCUT2D eigenvalue weighted by Gasteiger charge is -2.31. The summed E-state index contributed by atoms with van der Waals surface area (Å²) in [7, 11) is -1.94. The Kier molecular flexibility index (Phi) is 5.21. The van der Waals surface area contributed by atoms with Crippen LogP contribution in [0.1, 0.15) is 23.1 Å². The quantitative estimate of drug-likeness (QED) is 0.378. The molecule has 0 aromatic heterocycles. The summed E-state index contributed by atoms with van der Waals surface area (Å²) in [4.78, 5) is 0. The van der Waals surface area contributed by atoms with Gasteiger partial charge in [0, 0.05) is 0 Å². The van der Waals surface area contributed by atoms with Gasteiger partial charge in [-0.05, 0) is 45.4 Å². The second-order valence-electron chi connectivity index (χ2n) is 8.92. The first-order valence-electron chi connectivity index (χ1n) is 11.2. The summed E-state index contributed by atoms with van der Waals surface area (Å²) < 4.78 is 0. The summed E-state index contributed by atoms with van der Waals surface area (Å²) in [6.45, 7) is 5.10. The number of allylic oxidation sites excluding steroid dienone is 7. The minimum absolute atomic E-state index is 0.460.